The average Bonchev–Trinajstić information content (AvgIpc) is 2.86. The SMILES string of the molecule is CC(C)c1nc(-c2ccncn2)nc2c1CNC2. The summed E-state index contributed by atoms with van der Waals surface area (Å²) in [5.41, 5.74) is 4.25. The summed E-state index contributed by atoms with van der Waals surface area (Å²) in [6.45, 7) is 6.00. The van der Waals surface area contributed by atoms with Crippen molar-refractivity contribution in [3.05, 3.63) is 35.5 Å². The first-order valence-corrected chi connectivity index (χ1v) is 6.12. The quantitative estimate of drug-likeness (QED) is 0.866. The standard InChI is InChI=1S/C13H15N5/c1-8(2)12-9-5-15-6-11(9)17-13(18-12)10-3-4-14-7-16-10/h3-4,7-8,15H,5-6H2,1-2H3. The molecule has 0 saturated heterocycles. The molecule has 2 aromatic rings. The number of nitrogens with one attached hydrogen (secondary N) is 1. The second kappa shape index (κ2) is 4.42. The summed E-state index contributed by atoms with van der Waals surface area (Å²) in [4.78, 5) is 17.4. The molecule has 0 saturated carbocycles. The highest BCUT2D eigenvalue weighted by Gasteiger charge is 2.21. The first-order valence-electron chi connectivity index (χ1n) is 6.12. The van der Waals surface area contributed by atoms with Gasteiger partial charge in [0.25, 0.3) is 0 Å². The third-order valence-corrected chi connectivity index (χ3v) is 3.08. The van der Waals surface area contributed by atoms with Gasteiger partial charge in [-0.25, -0.2) is 19.9 Å². The number of hydrogen-bond donors (Lipinski definition) is 1. The Kier molecular flexibility index (Phi) is 2.76. The van der Waals surface area contributed by atoms with Crippen molar-refractivity contribution in [3.8, 4) is 11.5 Å². The molecule has 0 spiro atoms. The Hall–Kier alpha value is -1.88. The van der Waals surface area contributed by atoms with E-state index in [0.717, 1.165) is 30.2 Å². The third kappa shape index (κ3) is 1.86. The molecule has 0 amide bonds. The predicted molar refractivity (Wildman–Crippen MR) is 67.7 cm³/mol. The van der Waals surface area contributed by atoms with Crippen molar-refractivity contribution >= 4 is 0 Å². The highest BCUT2D eigenvalue weighted by molar-refractivity contribution is 5.50. The van der Waals surface area contributed by atoms with Crippen molar-refractivity contribution in [2.24, 2.45) is 0 Å². The largest absolute Gasteiger partial charge is 0.307 e. The second-order valence-corrected chi connectivity index (χ2v) is 4.71. The van der Waals surface area contributed by atoms with E-state index in [1.54, 1.807) is 6.20 Å². The van der Waals surface area contributed by atoms with Crippen molar-refractivity contribution in [1.29, 1.82) is 0 Å². The molecule has 1 aliphatic heterocycles. The molecule has 5 heteroatoms. The Balaban J connectivity index is 2.15. The van der Waals surface area contributed by atoms with Gasteiger partial charge in [-0.05, 0) is 12.0 Å². The molecule has 3 heterocycles. The van der Waals surface area contributed by atoms with Crippen LogP contribution < -0.4 is 5.32 Å². The molecular weight excluding hydrogens is 226 g/mol. The van der Waals surface area contributed by atoms with Crippen molar-refractivity contribution in [2.75, 3.05) is 0 Å². The zero-order chi connectivity index (χ0) is 12.5. The van der Waals surface area contributed by atoms with Gasteiger partial charge >= 0.3 is 0 Å². The van der Waals surface area contributed by atoms with Gasteiger partial charge in [-0.15, -0.1) is 0 Å². The number of fused-ring (bicyclic) bond motifs is 1. The molecule has 0 aliphatic carbocycles. The molecule has 18 heavy (non-hydrogen) atoms. The molecule has 0 aromatic carbocycles. The van der Waals surface area contributed by atoms with Crippen LogP contribution in [0, 0.1) is 0 Å². The average molecular weight is 241 g/mol. The van der Waals surface area contributed by atoms with E-state index in [4.69, 9.17) is 0 Å². The van der Waals surface area contributed by atoms with E-state index >= 15 is 0 Å². The lowest BCUT2D eigenvalue weighted by Crippen LogP contribution is -2.05. The normalized spacial score (nSPS) is 13.9. The van der Waals surface area contributed by atoms with E-state index in [0.29, 0.717) is 11.7 Å². The Morgan fingerprint density at radius 3 is 2.83 bits per heavy atom. The molecule has 0 atom stereocenters. The summed E-state index contributed by atoms with van der Waals surface area (Å²) in [6.07, 6.45) is 3.24. The van der Waals surface area contributed by atoms with Crippen LogP contribution >= 0.6 is 0 Å². The summed E-state index contributed by atoms with van der Waals surface area (Å²) >= 11 is 0. The third-order valence-electron chi connectivity index (χ3n) is 3.08. The Morgan fingerprint density at radius 2 is 2.11 bits per heavy atom. The lowest BCUT2D eigenvalue weighted by molar-refractivity contribution is 0.746. The van der Waals surface area contributed by atoms with Gasteiger partial charge in [0.15, 0.2) is 5.82 Å². The first-order chi connectivity index (χ1) is 8.75. The lowest BCUT2D eigenvalue weighted by atomic mass is 10.0. The van der Waals surface area contributed by atoms with E-state index in [9.17, 15) is 0 Å². The summed E-state index contributed by atoms with van der Waals surface area (Å²) in [6, 6.07) is 1.84. The predicted octanol–water partition coefficient (Wildman–Crippen LogP) is 1.66. The summed E-state index contributed by atoms with van der Waals surface area (Å²) in [7, 11) is 0. The smallest absolute Gasteiger partial charge is 0.178 e. The Labute approximate surface area is 106 Å². The minimum Gasteiger partial charge on any atom is -0.307 e. The number of rotatable bonds is 2. The maximum absolute atomic E-state index is 4.67. The van der Waals surface area contributed by atoms with Crippen LogP contribution in [0.3, 0.4) is 0 Å². The van der Waals surface area contributed by atoms with Crippen LogP contribution in [-0.2, 0) is 13.1 Å². The summed E-state index contributed by atoms with van der Waals surface area (Å²) in [5.74, 6) is 1.09. The van der Waals surface area contributed by atoms with E-state index in [1.165, 1.54) is 11.9 Å². The van der Waals surface area contributed by atoms with Gasteiger partial charge in [0, 0.05) is 24.8 Å². The van der Waals surface area contributed by atoms with Crippen LogP contribution in [0.1, 0.15) is 36.7 Å². The monoisotopic (exact) mass is 241 g/mol. The highest BCUT2D eigenvalue weighted by Crippen LogP contribution is 2.25. The van der Waals surface area contributed by atoms with Crippen molar-refractivity contribution in [2.45, 2.75) is 32.9 Å². The molecule has 1 N–H and O–H groups in total. The molecule has 2 aromatic heterocycles. The zero-order valence-electron chi connectivity index (χ0n) is 10.5. The number of hydrogen-bond acceptors (Lipinski definition) is 5. The van der Waals surface area contributed by atoms with Crippen LogP contribution in [0.2, 0.25) is 0 Å². The zero-order valence-corrected chi connectivity index (χ0v) is 10.5. The van der Waals surface area contributed by atoms with Gasteiger partial charge in [0.2, 0.25) is 0 Å². The first kappa shape index (κ1) is 11.2. The fourth-order valence-electron chi connectivity index (χ4n) is 2.21. The lowest BCUT2D eigenvalue weighted by Gasteiger charge is -2.11. The molecule has 0 radical (unpaired) electrons. The number of nitrogens with zero attached hydrogens (tertiary/aromatic N) is 4. The molecule has 1 aliphatic rings. The van der Waals surface area contributed by atoms with Gasteiger partial charge in [0.1, 0.15) is 12.0 Å². The van der Waals surface area contributed by atoms with Crippen LogP contribution in [0.15, 0.2) is 18.6 Å². The van der Waals surface area contributed by atoms with Crippen LogP contribution in [0.5, 0.6) is 0 Å². The van der Waals surface area contributed by atoms with Crippen LogP contribution in [-0.4, -0.2) is 19.9 Å². The van der Waals surface area contributed by atoms with Gasteiger partial charge < -0.3 is 5.32 Å². The molecule has 0 bridgehead atoms. The van der Waals surface area contributed by atoms with Crippen molar-refractivity contribution in [1.82, 2.24) is 25.3 Å². The molecule has 92 valence electrons. The van der Waals surface area contributed by atoms with E-state index in [-0.39, 0.29) is 0 Å². The maximum Gasteiger partial charge on any atom is 0.178 e. The van der Waals surface area contributed by atoms with E-state index < -0.39 is 0 Å². The minimum absolute atomic E-state index is 0.391. The fraction of sp³-hybridized carbons (Fsp3) is 0.385. The number of aromatic nitrogens is 4. The fourth-order valence-corrected chi connectivity index (χ4v) is 2.21. The Bertz CT molecular complexity index is 565. The summed E-state index contributed by atoms with van der Waals surface area (Å²) < 4.78 is 0. The van der Waals surface area contributed by atoms with Crippen molar-refractivity contribution < 1.29 is 0 Å². The Morgan fingerprint density at radius 1 is 1.22 bits per heavy atom. The van der Waals surface area contributed by atoms with Gasteiger partial charge in [0.05, 0.1) is 11.4 Å². The molecule has 3 rings (SSSR count). The molecular formula is C13H15N5. The summed E-state index contributed by atoms with van der Waals surface area (Å²) in [5, 5.41) is 3.33. The van der Waals surface area contributed by atoms with Gasteiger partial charge in [-0.2, -0.15) is 0 Å². The minimum atomic E-state index is 0.391. The van der Waals surface area contributed by atoms with E-state index in [1.807, 2.05) is 6.07 Å². The molecule has 0 unspecified atom stereocenters. The molecule has 5 nitrogen and oxygen atoms in total. The highest BCUT2D eigenvalue weighted by atomic mass is 15.0. The second-order valence-electron chi connectivity index (χ2n) is 4.71. The van der Waals surface area contributed by atoms with Crippen LogP contribution in [0.4, 0.5) is 0 Å². The van der Waals surface area contributed by atoms with E-state index in [2.05, 4.69) is 39.1 Å². The van der Waals surface area contributed by atoms with Crippen LogP contribution in [0.25, 0.3) is 11.5 Å². The maximum atomic E-state index is 4.67. The van der Waals surface area contributed by atoms with Crippen molar-refractivity contribution in [3.63, 3.8) is 0 Å². The topological polar surface area (TPSA) is 63.6 Å². The van der Waals surface area contributed by atoms with Gasteiger partial charge in [-0.3, -0.25) is 0 Å². The molecule has 0 fully saturated rings. The van der Waals surface area contributed by atoms with Gasteiger partial charge in [-0.1, -0.05) is 13.8 Å².